The molecule has 0 fully saturated rings. The van der Waals surface area contributed by atoms with E-state index in [1.807, 2.05) is 39.0 Å². The Balaban J connectivity index is 3.16. The molecule has 0 saturated heterocycles. The minimum Gasteiger partial charge on any atom is -0.494 e. The summed E-state index contributed by atoms with van der Waals surface area (Å²) in [5.41, 5.74) is 13.0. The van der Waals surface area contributed by atoms with E-state index in [4.69, 9.17) is 16.2 Å². The number of anilines is 1. The van der Waals surface area contributed by atoms with Gasteiger partial charge in [-0.25, -0.2) is 0 Å². The molecule has 0 atom stereocenters. The van der Waals surface area contributed by atoms with Crippen molar-refractivity contribution in [3.63, 3.8) is 0 Å². The highest BCUT2D eigenvalue weighted by Crippen LogP contribution is 2.29. The average Bonchev–Trinajstić information content (AvgIpc) is 2.07. The Morgan fingerprint density at radius 3 is 2.50 bits per heavy atom. The molecular weight excluding hydrogens is 176 g/mol. The van der Waals surface area contributed by atoms with Crippen LogP contribution in [0.1, 0.15) is 26.3 Å². The Morgan fingerprint density at radius 2 is 2.00 bits per heavy atom. The molecule has 0 heterocycles. The predicted molar refractivity (Wildman–Crippen MR) is 59.2 cm³/mol. The first-order chi connectivity index (χ1) is 6.45. The first kappa shape index (κ1) is 10.9. The summed E-state index contributed by atoms with van der Waals surface area (Å²) in [6.07, 6.45) is 0. The van der Waals surface area contributed by atoms with Crippen molar-refractivity contribution in [2.45, 2.75) is 26.3 Å². The molecule has 0 aliphatic carbocycles. The number of ether oxygens (including phenoxy) is 1. The Bertz CT molecular complexity index is 316. The highest BCUT2D eigenvalue weighted by Gasteiger charge is 2.19. The first-order valence-electron chi connectivity index (χ1n) is 4.77. The zero-order chi connectivity index (χ0) is 10.8. The van der Waals surface area contributed by atoms with Crippen LogP contribution in [0.25, 0.3) is 0 Å². The number of hydrogen-bond donors (Lipinski definition) is 2. The quantitative estimate of drug-likeness (QED) is 0.722. The van der Waals surface area contributed by atoms with Crippen molar-refractivity contribution in [1.29, 1.82) is 0 Å². The van der Waals surface area contributed by atoms with Gasteiger partial charge >= 0.3 is 0 Å². The average molecular weight is 194 g/mol. The molecule has 0 aliphatic heterocycles. The van der Waals surface area contributed by atoms with E-state index in [9.17, 15) is 0 Å². The third kappa shape index (κ3) is 2.39. The Hall–Kier alpha value is -1.22. The van der Waals surface area contributed by atoms with Crippen molar-refractivity contribution < 1.29 is 4.74 Å². The monoisotopic (exact) mass is 194 g/mol. The second-order valence-corrected chi connectivity index (χ2v) is 3.91. The van der Waals surface area contributed by atoms with Crippen LogP contribution in [0.15, 0.2) is 18.2 Å². The lowest BCUT2D eigenvalue weighted by Crippen LogP contribution is -2.29. The summed E-state index contributed by atoms with van der Waals surface area (Å²) in [4.78, 5) is 0. The van der Waals surface area contributed by atoms with Gasteiger partial charge in [0.15, 0.2) is 0 Å². The molecule has 0 radical (unpaired) electrons. The van der Waals surface area contributed by atoms with Crippen molar-refractivity contribution in [3.05, 3.63) is 23.8 Å². The summed E-state index contributed by atoms with van der Waals surface area (Å²) in [5.74, 6) is 0.814. The molecule has 0 unspecified atom stereocenters. The summed E-state index contributed by atoms with van der Waals surface area (Å²) in [6.45, 7) is 6.45. The number of hydrogen-bond acceptors (Lipinski definition) is 3. The normalized spacial score (nSPS) is 11.4. The van der Waals surface area contributed by atoms with E-state index in [-0.39, 0.29) is 0 Å². The zero-order valence-electron chi connectivity index (χ0n) is 9.00. The van der Waals surface area contributed by atoms with Gasteiger partial charge in [0.25, 0.3) is 0 Å². The van der Waals surface area contributed by atoms with Gasteiger partial charge in [-0.15, -0.1) is 0 Å². The fourth-order valence-corrected chi connectivity index (χ4v) is 1.33. The molecule has 0 amide bonds. The van der Waals surface area contributed by atoms with Gasteiger partial charge in [0, 0.05) is 16.8 Å². The molecule has 0 aliphatic rings. The lowest BCUT2D eigenvalue weighted by Gasteiger charge is -2.22. The molecule has 78 valence electrons. The van der Waals surface area contributed by atoms with Crippen LogP contribution in [0, 0.1) is 0 Å². The van der Waals surface area contributed by atoms with Crippen molar-refractivity contribution in [2.75, 3.05) is 12.3 Å². The summed E-state index contributed by atoms with van der Waals surface area (Å²) < 4.78 is 5.48. The maximum Gasteiger partial charge on any atom is 0.124 e. The van der Waals surface area contributed by atoms with Crippen LogP contribution in [0.5, 0.6) is 5.75 Å². The topological polar surface area (TPSA) is 61.3 Å². The van der Waals surface area contributed by atoms with Crippen LogP contribution >= 0.6 is 0 Å². The smallest absolute Gasteiger partial charge is 0.124 e. The Kier molecular flexibility index (Phi) is 3.01. The molecule has 14 heavy (non-hydrogen) atoms. The van der Waals surface area contributed by atoms with Crippen LogP contribution in [0.4, 0.5) is 5.69 Å². The van der Waals surface area contributed by atoms with Gasteiger partial charge in [0.2, 0.25) is 0 Å². The van der Waals surface area contributed by atoms with Crippen LogP contribution < -0.4 is 16.2 Å². The summed E-state index contributed by atoms with van der Waals surface area (Å²) in [6, 6.07) is 5.55. The van der Waals surface area contributed by atoms with Crippen molar-refractivity contribution in [1.82, 2.24) is 0 Å². The summed E-state index contributed by atoms with van der Waals surface area (Å²) >= 11 is 0. The van der Waals surface area contributed by atoms with Gasteiger partial charge in [-0.2, -0.15) is 0 Å². The SMILES string of the molecule is CCOc1ccc(N)cc1C(C)(C)N. The summed E-state index contributed by atoms with van der Waals surface area (Å²) in [7, 11) is 0. The number of nitrogen functional groups attached to an aromatic ring is 1. The number of benzene rings is 1. The molecule has 3 heteroatoms. The molecule has 0 bridgehead atoms. The van der Waals surface area contributed by atoms with Crippen molar-refractivity contribution in [3.8, 4) is 5.75 Å². The predicted octanol–water partition coefficient (Wildman–Crippen LogP) is 1.86. The maximum atomic E-state index is 6.02. The van der Waals surface area contributed by atoms with Crippen LogP contribution in [-0.2, 0) is 5.54 Å². The van der Waals surface area contributed by atoms with Gasteiger partial charge in [0.05, 0.1) is 6.61 Å². The van der Waals surface area contributed by atoms with Gasteiger partial charge in [0.1, 0.15) is 5.75 Å². The van der Waals surface area contributed by atoms with Crippen LogP contribution in [0.3, 0.4) is 0 Å². The lowest BCUT2D eigenvalue weighted by atomic mass is 9.94. The second-order valence-electron chi connectivity index (χ2n) is 3.91. The van der Waals surface area contributed by atoms with E-state index in [1.165, 1.54) is 0 Å². The number of rotatable bonds is 3. The van der Waals surface area contributed by atoms with E-state index in [1.54, 1.807) is 0 Å². The minimum absolute atomic E-state index is 0.431. The molecule has 1 aromatic carbocycles. The number of nitrogens with two attached hydrogens (primary N) is 2. The van der Waals surface area contributed by atoms with Crippen molar-refractivity contribution >= 4 is 5.69 Å². The molecule has 0 spiro atoms. The van der Waals surface area contributed by atoms with E-state index in [2.05, 4.69) is 0 Å². The second kappa shape index (κ2) is 3.88. The molecule has 0 aromatic heterocycles. The van der Waals surface area contributed by atoms with Crippen LogP contribution in [0.2, 0.25) is 0 Å². The third-order valence-electron chi connectivity index (χ3n) is 2.00. The summed E-state index contributed by atoms with van der Waals surface area (Å²) in [5, 5.41) is 0. The molecule has 3 nitrogen and oxygen atoms in total. The van der Waals surface area contributed by atoms with Crippen molar-refractivity contribution in [2.24, 2.45) is 5.73 Å². The van der Waals surface area contributed by atoms with Gasteiger partial charge in [-0.05, 0) is 39.0 Å². The zero-order valence-corrected chi connectivity index (χ0v) is 9.00. The Morgan fingerprint density at radius 1 is 1.36 bits per heavy atom. The van der Waals surface area contributed by atoms with Crippen LogP contribution in [-0.4, -0.2) is 6.61 Å². The third-order valence-corrected chi connectivity index (χ3v) is 2.00. The van der Waals surface area contributed by atoms with E-state index in [0.29, 0.717) is 12.3 Å². The van der Waals surface area contributed by atoms with E-state index < -0.39 is 5.54 Å². The molecular formula is C11H18N2O. The largest absolute Gasteiger partial charge is 0.494 e. The van der Waals surface area contributed by atoms with E-state index in [0.717, 1.165) is 11.3 Å². The lowest BCUT2D eigenvalue weighted by molar-refractivity contribution is 0.328. The fourth-order valence-electron chi connectivity index (χ4n) is 1.33. The van der Waals surface area contributed by atoms with Gasteiger partial charge < -0.3 is 16.2 Å². The van der Waals surface area contributed by atoms with Gasteiger partial charge in [-0.1, -0.05) is 0 Å². The van der Waals surface area contributed by atoms with E-state index >= 15 is 0 Å². The highest BCUT2D eigenvalue weighted by atomic mass is 16.5. The molecule has 1 rings (SSSR count). The minimum atomic E-state index is -0.431. The molecule has 4 N–H and O–H groups in total. The molecule has 1 aromatic rings. The molecule has 0 saturated carbocycles. The van der Waals surface area contributed by atoms with Gasteiger partial charge in [-0.3, -0.25) is 0 Å². The Labute approximate surface area is 85.0 Å². The first-order valence-corrected chi connectivity index (χ1v) is 4.77. The highest BCUT2D eigenvalue weighted by molar-refractivity contribution is 5.50. The fraction of sp³-hybridized carbons (Fsp3) is 0.455. The standard InChI is InChI=1S/C11H18N2O/c1-4-14-10-6-5-8(12)7-9(10)11(2,3)13/h5-7H,4,12-13H2,1-3H3. The maximum absolute atomic E-state index is 6.02.